The van der Waals surface area contributed by atoms with Crippen molar-refractivity contribution in [3.63, 3.8) is 0 Å². The van der Waals surface area contributed by atoms with Crippen molar-refractivity contribution < 1.29 is 14.2 Å². The fourth-order valence-electron chi connectivity index (χ4n) is 3.34. The second-order valence-electron chi connectivity index (χ2n) is 6.51. The predicted molar refractivity (Wildman–Crippen MR) is 107 cm³/mol. The van der Waals surface area contributed by atoms with Crippen LogP contribution in [-0.4, -0.2) is 33.5 Å². The highest BCUT2D eigenvalue weighted by Crippen LogP contribution is 2.33. The van der Waals surface area contributed by atoms with Crippen LogP contribution in [0.2, 0.25) is 0 Å². The second kappa shape index (κ2) is 9.40. The molecule has 0 radical (unpaired) electrons. The van der Waals surface area contributed by atoms with E-state index in [1.165, 1.54) is 5.56 Å². The maximum Gasteiger partial charge on any atom is 0.119 e. The lowest BCUT2D eigenvalue weighted by Gasteiger charge is -2.39. The topological polar surface area (TPSA) is 39.7 Å². The molecule has 140 valence electrons. The normalized spacial score (nSPS) is 16.2. The van der Waals surface area contributed by atoms with Gasteiger partial charge in [0.25, 0.3) is 0 Å². The predicted octanol–water partition coefficient (Wildman–Crippen LogP) is 4.52. The van der Waals surface area contributed by atoms with E-state index < -0.39 is 0 Å². The van der Waals surface area contributed by atoms with Gasteiger partial charge in [0, 0.05) is 23.2 Å². The number of rotatable bonds is 8. The first kappa shape index (κ1) is 19.2. The maximum absolute atomic E-state index is 5.82. The maximum atomic E-state index is 5.82. The SMILES string of the molecule is COc1ccc(OCCCNC2(c3cccc(Br)c3)CCOCC2)cc1. The van der Waals surface area contributed by atoms with Gasteiger partial charge in [-0.25, -0.2) is 0 Å². The van der Waals surface area contributed by atoms with Crippen molar-refractivity contribution in [2.24, 2.45) is 0 Å². The van der Waals surface area contributed by atoms with Crippen LogP contribution in [-0.2, 0) is 10.3 Å². The van der Waals surface area contributed by atoms with Gasteiger partial charge < -0.3 is 19.5 Å². The van der Waals surface area contributed by atoms with Gasteiger partial charge in [-0.1, -0.05) is 28.1 Å². The van der Waals surface area contributed by atoms with Gasteiger partial charge >= 0.3 is 0 Å². The Hall–Kier alpha value is -1.56. The average molecular weight is 420 g/mol. The smallest absolute Gasteiger partial charge is 0.119 e. The van der Waals surface area contributed by atoms with E-state index in [9.17, 15) is 0 Å². The number of halogens is 1. The third-order valence-electron chi connectivity index (χ3n) is 4.84. The van der Waals surface area contributed by atoms with Crippen LogP contribution in [0.3, 0.4) is 0 Å². The quantitative estimate of drug-likeness (QED) is 0.638. The van der Waals surface area contributed by atoms with Crippen LogP contribution in [0.5, 0.6) is 11.5 Å². The molecule has 2 aromatic carbocycles. The van der Waals surface area contributed by atoms with Crippen LogP contribution in [0.25, 0.3) is 0 Å². The molecule has 0 bridgehead atoms. The number of methoxy groups -OCH3 is 1. The molecule has 0 unspecified atom stereocenters. The number of nitrogens with one attached hydrogen (secondary N) is 1. The summed E-state index contributed by atoms with van der Waals surface area (Å²) >= 11 is 3.59. The van der Waals surface area contributed by atoms with Gasteiger partial charge in [0.15, 0.2) is 0 Å². The molecule has 0 amide bonds. The first-order valence-corrected chi connectivity index (χ1v) is 9.87. The monoisotopic (exact) mass is 419 g/mol. The summed E-state index contributed by atoms with van der Waals surface area (Å²) in [5, 5.41) is 3.78. The second-order valence-corrected chi connectivity index (χ2v) is 7.42. The van der Waals surface area contributed by atoms with Crippen molar-refractivity contribution in [1.82, 2.24) is 5.32 Å². The Kier molecular flexibility index (Phi) is 6.94. The number of ether oxygens (including phenoxy) is 3. The fraction of sp³-hybridized carbons (Fsp3) is 0.429. The molecule has 1 aliphatic heterocycles. The first-order chi connectivity index (χ1) is 12.7. The first-order valence-electron chi connectivity index (χ1n) is 9.07. The standard InChI is InChI=1S/C21H26BrNO3/c1-24-19-6-8-20(9-7-19)26-13-3-12-23-21(10-14-25-15-11-21)17-4-2-5-18(22)16-17/h2,4-9,16,23H,3,10-15H2,1H3. The van der Waals surface area contributed by atoms with E-state index in [1.54, 1.807) is 7.11 Å². The van der Waals surface area contributed by atoms with Gasteiger partial charge in [-0.15, -0.1) is 0 Å². The van der Waals surface area contributed by atoms with Crippen LogP contribution in [0.1, 0.15) is 24.8 Å². The van der Waals surface area contributed by atoms with Crippen molar-refractivity contribution in [1.29, 1.82) is 0 Å². The van der Waals surface area contributed by atoms with E-state index in [0.29, 0.717) is 6.61 Å². The molecular formula is C21H26BrNO3. The summed E-state index contributed by atoms with van der Waals surface area (Å²) in [4.78, 5) is 0. The zero-order valence-electron chi connectivity index (χ0n) is 15.2. The summed E-state index contributed by atoms with van der Waals surface area (Å²) in [6, 6.07) is 16.3. The molecule has 5 heteroatoms. The molecule has 0 atom stereocenters. The number of hydrogen-bond acceptors (Lipinski definition) is 4. The Morgan fingerprint density at radius 1 is 1.08 bits per heavy atom. The highest BCUT2D eigenvalue weighted by Gasteiger charge is 2.33. The molecule has 26 heavy (non-hydrogen) atoms. The summed E-state index contributed by atoms with van der Waals surface area (Å²) in [5.41, 5.74) is 1.31. The molecule has 3 rings (SSSR count). The lowest BCUT2D eigenvalue weighted by atomic mass is 9.82. The van der Waals surface area contributed by atoms with E-state index in [4.69, 9.17) is 14.2 Å². The highest BCUT2D eigenvalue weighted by atomic mass is 79.9. The van der Waals surface area contributed by atoms with Gasteiger partial charge in [0.2, 0.25) is 0 Å². The van der Waals surface area contributed by atoms with Gasteiger partial charge in [-0.3, -0.25) is 0 Å². The van der Waals surface area contributed by atoms with Crippen LogP contribution in [0, 0.1) is 0 Å². The van der Waals surface area contributed by atoms with Crippen LogP contribution < -0.4 is 14.8 Å². The van der Waals surface area contributed by atoms with Crippen LogP contribution in [0.4, 0.5) is 0 Å². The Bertz CT molecular complexity index is 684. The molecule has 1 fully saturated rings. The summed E-state index contributed by atoms with van der Waals surface area (Å²) < 4.78 is 17.7. The van der Waals surface area contributed by atoms with E-state index >= 15 is 0 Å². The van der Waals surface area contributed by atoms with E-state index in [-0.39, 0.29) is 5.54 Å². The Balaban J connectivity index is 1.52. The minimum absolute atomic E-state index is 0.0118. The zero-order chi connectivity index (χ0) is 18.2. The molecule has 1 aliphatic rings. The third-order valence-corrected chi connectivity index (χ3v) is 5.33. The van der Waals surface area contributed by atoms with Crippen molar-refractivity contribution in [3.8, 4) is 11.5 Å². The van der Waals surface area contributed by atoms with Crippen LogP contribution >= 0.6 is 15.9 Å². The third kappa shape index (κ3) is 5.00. The van der Waals surface area contributed by atoms with Crippen molar-refractivity contribution in [2.75, 3.05) is 33.5 Å². The van der Waals surface area contributed by atoms with Gasteiger partial charge in [0.05, 0.1) is 13.7 Å². The molecule has 0 spiro atoms. The fourth-order valence-corrected chi connectivity index (χ4v) is 3.73. The largest absolute Gasteiger partial charge is 0.497 e. The Labute approximate surface area is 164 Å². The Morgan fingerprint density at radius 3 is 2.50 bits per heavy atom. The number of benzene rings is 2. The van der Waals surface area contributed by atoms with Crippen molar-refractivity contribution >= 4 is 15.9 Å². The summed E-state index contributed by atoms with van der Waals surface area (Å²) in [5.74, 6) is 1.72. The molecule has 1 saturated heterocycles. The molecular weight excluding hydrogens is 394 g/mol. The zero-order valence-corrected chi connectivity index (χ0v) is 16.8. The van der Waals surface area contributed by atoms with E-state index in [1.807, 2.05) is 24.3 Å². The highest BCUT2D eigenvalue weighted by molar-refractivity contribution is 9.10. The van der Waals surface area contributed by atoms with Gasteiger partial charge in [-0.2, -0.15) is 0 Å². The molecule has 1 heterocycles. The Morgan fingerprint density at radius 2 is 1.81 bits per heavy atom. The molecule has 1 N–H and O–H groups in total. The van der Waals surface area contributed by atoms with Crippen molar-refractivity contribution in [3.05, 3.63) is 58.6 Å². The molecule has 0 saturated carbocycles. The molecule has 2 aromatic rings. The summed E-state index contributed by atoms with van der Waals surface area (Å²) in [6.45, 7) is 3.18. The minimum atomic E-state index is -0.0118. The lowest BCUT2D eigenvalue weighted by Crippen LogP contribution is -2.47. The summed E-state index contributed by atoms with van der Waals surface area (Å²) in [6.07, 6.45) is 2.92. The average Bonchev–Trinajstić information content (AvgIpc) is 2.69. The lowest BCUT2D eigenvalue weighted by molar-refractivity contribution is 0.0362. The molecule has 0 aromatic heterocycles. The van der Waals surface area contributed by atoms with E-state index in [0.717, 1.165) is 55.0 Å². The molecule has 0 aliphatic carbocycles. The van der Waals surface area contributed by atoms with Gasteiger partial charge in [-0.05, 0) is 67.8 Å². The number of hydrogen-bond donors (Lipinski definition) is 1. The molecule has 4 nitrogen and oxygen atoms in total. The van der Waals surface area contributed by atoms with E-state index in [2.05, 4.69) is 45.5 Å². The van der Waals surface area contributed by atoms with Crippen LogP contribution in [0.15, 0.2) is 53.0 Å². The summed E-state index contributed by atoms with van der Waals surface area (Å²) in [7, 11) is 1.67. The minimum Gasteiger partial charge on any atom is -0.497 e. The van der Waals surface area contributed by atoms with Crippen molar-refractivity contribution in [2.45, 2.75) is 24.8 Å². The van der Waals surface area contributed by atoms with Gasteiger partial charge in [0.1, 0.15) is 11.5 Å².